The van der Waals surface area contributed by atoms with Gasteiger partial charge in [-0.2, -0.15) is 0 Å². The summed E-state index contributed by atoms with van der Waals surface area (Å²) in [6, 6.07) is 8.78. The topological polar surface area (TPSA) is 128 Å². The summed E-state index contributed by atoms with van der Waals surface area (Å²) in [5, 5.41) is 7.00. The monoisotopic (exact) mass is 1030 g/mol. The zero-order valence-electron chi connectivity index (χ0n) is 22.8. The van der Waals surface area contributed by atoms with E-state index >= 15 is 0 Å². The van der Waals surface area contributed by atoms with Crippen LogP contribution in [-0.4, -0.2) is 68.2 Å². The van der Waals surface area contributed by atoms with Crippen LogP contribution in [0.4, 0.5) is 0 Å². The standard InChI is InChI=1S/C19H18I2O7.C6H10I2O3.CH4O/c1-11-14(19(20)23)8-15(24-2)18(17(11)25-3)27-9-12-5-4-6-13(7-12)26-10-16(22)28-21;7-10-4-6-3-5(11-8)1-2-9-6;1-2/h4-8H,9-10H2,1-3H3;5-6H,1-4H2;2H,1H3/t;5-,6+;/m.1./s1. The Bertz CT molecular complexity index is 1090. The van der Waals surface area contributed by atoms with E-state index in [0.29, 0.717) is 46.8 Å². The van der Waals surface area contributed by atoms with E-state index in [4.69, 9.17) is 34.9 Å². The molecule has 1 aliphatic rings. The van der Waals surface area contributed by atoms with E-state index in [-0.39, 0.29) is 23.1 Å². The molecule has 2 aromatic carbocycles. The summed E-state index contributed by atoms with van der Waals surface area (Å²) in [6.45, 7) is 3.27. The van der Waals surface area contributed by atoms with Crippen LogP contribution in [0.3, 0.4) is 0 Å². The summed E-state index contributed by atoms with van der Waals surface area (Å²) in [5.74, 6) is 1.29. The Labute approximate surface area is 295 Å². The summed E-state index contributed by atoms with van der Waals surface area (Å²) in [6.07, 6.45) is 2.52. The van der Waals surface area contributed by atoms with Crippen LogP contribution in [0, 0.1) is 6.92 Å². The fraction of sp³-hybridized carbons (Fsp3) is 0.462. The molecular formula is C26H32I4O11. The lowest BCUT2D eigenvalue weighted by Gasteiger charge is -2.26. The molecule has 15 heteroatoms. The maximum Gasteiger partial charge on any atom is 0.353 e. The van der Waals surface area contributed by atoms with Gasteiger partial charge in [0.1, 0.15) is 58.4 Å². The van der Waals surface area contributed by atoms with Gasteiger partial charge in [-0.3, -0.25) is 4.79 Å². The summed E-state index contributed by atoms with van der Waals surface area (Å²) < 4.78 is 42.2. The second-order valence-electron chi connectivity index (χ2n) is 8.07. The van der Waals surface area contributed by atoms with E-state index in [1.807, 2.05) is 52.1 Å². The highest BCUT2D eigenvalue weighted by atomic mass is 127. The Morgan fingerprint density at radius 3 is 2.37 bits per heavy atom. The second kappa shape index (κ2) is 22.1. The van der Waals surface area contributed by atoms with Crippen molar-refractivity contribution in [1.82, 2.24) is 0 Å². The smallest absolute Gasteiger partial charge is 0.353 e. The SMILES string of the molecule is CO.COc1cc(C(=O)I)c(C)c(OC)c1OCc1cccc(OCC(=O)OI)c1.IOC[C@@H]1C[C@H](OI)CCO1. The average Bonchev–Trinajstić information content (AvgIpc) is 3.00. The van der Waals surface area contributed by atoms with E-state index in [1.54, 1.807) is 53.8 Å². The van der Waals surface area contributed by atoms with Gasteiger partial charge in [0.15, 0.2) is 41.1 Å². The summed E-state index contributed by atoms with van der Waals surface area (Å²) in [7, 11) is 4.01. The number of aliphatic hydroxyl groups excluding tert-OH is 1. The van der Waals surface area contributed by atoms with Gasteiger partial charge in [0, 0.05) is 53.9 Å². The predicted molar refractivity (Wildman–Crippen MR) is 185 cm³/mol. The summed E-state index contributed by atoms with van der Waals surface area (Å²) in [5.41, 5.74) is 1.99. The number of hydrogen-bond acceptors (Lipinski definition) is 11. The molecule has 0 aromatic heterocycles. The van der Waals surface area contributed by atoms with Crippen LogP contribution in [-0.2, 0) is 25.3 Å². The molecule has 41 heavy (non-hydrogen) atoms. The van der Waals surface area contributed by atoms with Gasteiger partial charge >= 0.3 is 5.97 Å². The van der Waals surface area contributed by atoms with Gasteiger partial charge in [-0.15, -0.1) is 0 Å². The normalized spacial score (nSPS) is 15.7. The van der Waals surface area contributed by atoms with Crippen LogP contribution < -0.4 is 18.9 Å². The zero-order valence-corrected chi connectivity index (χ0v) is 31.5. The van der Waals surface area contributed by atoms with E-state index in [9.17, 15) is 9.59 Å². The average molecular weight is 1030 g/mol. The molecule has 0 amide bonds. The van der Waals surface area contributed by atoms with Crippen LogP contribution in [0.2, 0.25) is 0 Å². The number of carbonyl (C=O) groups is 2. The Morgan fingerprint density at radius 2 is 1.78 bits per heavy atom. The van der Waals surface area contributed by atoms with Crippen molar-refractivity contribution < 1.29 is 47.6 Å². The molecule has 1 saturated heterocycles. The highest BCUT2D eigenvalue weighted by molar-refractivity contribution is 14.1. The van der Waals surface area contributed by atoms with Crippen molar-refractivity contribution in [2.45, 2.75) is 38.6 Å². The van der Waals surface area contributed by atoms with Gasteiger partial charge in [-0.05, 0) is 37.1 Å². The van der Waals surface area contributed by atoms with E-state index in [1.165, 1.54) is 37.2 Å². The molecular weight excluding hydrogens is 996 g/mol. The number of ether oxygens (including phenoxy) is 5. The largest absolute Gasteiger partial charge is 0.493 e. The van der Waals surface area contributed by atoms with Crippen molar-refractivity contribution in [3.8, 4) is 23.0 Å². The number of hydrogen-bond donors (Lipinski definition) is 1. The zero-order chi connectivity index (χ0) is 30.8. The molecule has 230 valence electrons. The predicted octanol–water partition coefficient (Wildman–Crippen LogP) is 6.31. The Hall–Kier alpha value is -0.460. The van der Waals surface area contributed by atoms with Crippen molar-refractivity contribution in [2.24, 2.45) is 0 Å². The molecule has 0 saturated carbocycles. The quantitative estimate of drug-likeness (QED) is 0.190. The van der Waals surface area contributed by atoms with Crippen molar-refractivity contribution in [3.05, 3.63) is 47.0 Å². The van der Waals surface area contributed by atoms with Gasteiger partial charge in [0.25, 0.3) is 0 Å². The third-order valence-electron chi connectivity index (χ3n) is 5.50. The van der Waals surface area contributed by atoms with Gasteiger partial charge in [0.05, 0.1) is 33.0 Å². The van der Waals surface area contributed by atoms with Crippen molar-refractivity contribution >= 4 is 101 Å². The molecule has 2 atom stereocenters. The molecule has 1 heterocycles. The molecule has 1 fully saturated rings. The highest BCUT2D eigenvalue weighted by Gasteiger charge is 2.23. The fourth-order valence-electron chi connectivity index (χ4n) is 3.61. The molecule has 0 unspecified atom stereocenters. The van der Waals surface area contributed by atoms with E-state index in [2.05, 4.69) is 3.07 Å². The number of methoxy groups -OCH3 is 2. The number of carbonyl (C=O) groups excluding carboxylic acids is 2. The Morgan fingerprint density at radius 1 is 1.05 bits per heavy atom. The van der Waals surface area contributed by atoms with Gasteiger partial charge in [-0.25, -0.2) is 4.79 Å². The molecule has 2 aromatic rings. The molecule has 3 rings (SSSR count). The maximum atomic E-state index is 11.8. The highest BCUT2D eigenvalue weighted by Crippen LogP contribution is 2.42. The molecule has 0 radical (unpaired) electrons. The van der Waals surface area contributed by atoms with Crippen LogP contribution in [0.5, 0.6) is 23.0 Å². The molecule has 1 N–H and O–H groups in total. The van der Waals surface area contributed by atoms with Crippen molar-refractivity contribution in [3.63, 3.8) is 0 Å². The molecule has 0 spiro atoms. The van der Waals surface area contributed by atoms with Crippen molar-refractivity contribution in [1.29, 1.82) is 0 Å². The van der Waals surface area contributed by atoms with E-state index < -0.39 is 5.97 Å². The first-order chi connectivity index (χ1) is 19.8. The van der Waals surface area contributed by atoms with Crippen LogP contribution >= 0.6 is 91.6 Å². The second-order valence-corrected chi connectivity index (χ2v) is 10.6. The third-order valence-corrected chi connectivity index (χ3v) is 7.66. The summed E-state index contributed by atoms with van der Waals surface area (Å²) in [4.78, 5) is 23.0. The molecule has 11 nitrogen and oxygen atoms in total. The van der Waals surface area contributed by atoms with Crippen molar-refractivity contribution in [2.75, 3.05) is 41.2 Å². The molecule has 0 aliphatic carbocycles. The number of benzene rings is 2. The first-order valence-corrected chi connectivity index (χ1v) is 15.7. The van der Waals surface area contributed by atoms with Gasteiger partial charge in [-0.1, -0.05) is 12.1 Å². The van der Waals surface area contributed by atoms with E-state index in [0.717, 1.165) is 32.1 Å². The van der Waals surface area contributed by atoms with Gasteiger partial charge in [0.2, 0.25) is 9.54 Å². The number of rotatable bonds is 12. The molecule has 0 bridgehead atoms. The lowest BCUT2D eigenvalue weighted by atomic mass is 10.1. The molecule has 1 aliphatic heterocycles. The lowest BCUT2D eigenvalue weighted by molar-refractivity contribution is -0.133. The number of halogens is 4. The third kappa shape index (κ3) is 13.4. The van der Waals surface area contributed by atoms with Crippen LogP contribution in [0.1, 0.15) is 34.3 Å². The first-order valence-electron chi connectivity index (χ1n) is 12.0. The Kier molecular flexibility index (Phi) is 20.8. The van der Waals surface area contributed by atoms with Crippen LogP contribution in [0.15, 0.2) is 30.3 Å². The first kappa shape index (κ1) is 38.6. The minimum atomic E-state index is -0.475. The van der Waals surface area contributed by atoms with Crippen LogP contribution in [0.25, 0.3) is 0 Å². The summed E-state index contributed by atoms with van der Waals surface area (Å²) >= 11 is 7.07. The lowest BCUT2D eigenvalue weighted by Crippen LogP contribution is -2.31. The number of aliphatic hydroxyl groups is 1. The fourth-order valence-corrected chi connectivity index (χ4v) is 5.16. The van der Waals surface area contributed by atoms with Gasteiger partial charge < -0.3 is 38.0 Å². The minimum Gasteiger partial charge on any atom is -0.493 e. The Balaban J connectivity index is 0.000000538. The maximum absolute atomic E-state index is 11.8. The minimum absolute atomic E-state index is 0.117.